The van der Waals surface area contributed by atoms with Crippen LogP contribution >= 0.6 is 0 Å². The van der Waals surface area contributed by atoms with Gasteiger partial charge in [-0.2, -0.15) is 0 Å². The Labute approximate surface area is 83.9 Å². The van der Waals surface area contributed by atoms with Crippen LogP contribution in [0.1, 0.15) is 24.5 Å². The summed E-state index contributed by atoms with van der Waals surface area (Å²) in [5.41, 5.74) is 7.37. The van der Waals surface area contributed by atoms with Crippen molar-refractivity contribution in [2.24, 2.45) is 5.73 Å². The first-order valence-corrected chi connectivity index (χ1v) is 5.05. The van der Waals surface area contributed by atoms with Crippen molar-refractivity contribution in [3.63, 3.8) is 0 Å². The molecule has 0 radical (unpaired) electrons. The van der Waals surface area contributed by atoms with Crippen molar-refractivity contribution >= 4 is 5.69 Å². The lowest BCUT2D eigenvalue weighted by molar-refractivity contribution is 0.187. The van der Waals surface area contributed by atoms with Crippen LogP contribution in [0, 0.1) is 0 Å². The molecule has 0 aliphatic heterocycles. The maximum Gasteiger partial charge on any atom is 0.0932 e. The Morgan fingerprint density at radius 2 is 2.14 bits per heavy atom. The number of benzene rings is 1. The second-order valence-corrected chi connectivity index (χ2v) is 3.76. The van der Waals surface area contributed by atoms with E-state index >= 15 is 0 Å². The van der Waals surface area contributed by atoms with Crippen LogP contribution in [0.5, 0.6) is 0 Å². The molecule has 3 heteroatoms. The molecule has 0 bridgehead atoms. The lowest BCUT2D eigenvalue weighted by Gasteiger charge is -2.14. The minimum Gasteiger partial charge on any atom is -0.387 e. The first-order chi connectivity index (χ1) is 6.81. The minimum absolute atomic E-state index is 0.267. The Balaban J connectivity index is 2.18. The summed E-state index contributed by atoms with van der Waals surface area (Å²) < 4.78 is 0. The molecule has 0 amide bonds. The summed E-state index contributed by atoms with van der Waals surface area (Å²) in [7, 11) is 0. The van der Waals surface area contributed by atoms with Gasteiger partial charge in [-0.3, -0.25) is 0 Å². The molecule has 76 valence electrons. The molecular formula is C11H16N2O. The van der Waals surface area contributed by atoms with Crippen LogP contribution in [0.2, 0.25) is 0 Å². The van der Waals surface area contributed by atoms with Crippen molar-refractivity contribution in [2.75, 3.05) is 11.9 Å². The second kappa shape index (κ2) is 3.98. The van der Waals surface area contributed by atoms with Gasteiger partial charge in [0.1, 0.15) is 0 Å². The topological polar surface area (TPSA) is 58.3 Å². The van der Waals surface area contributed by atoms with E-state index < -0.39 is 6.10 Å². The van der Waals surface area contributed by atoms with Crippen LogP contribution in [0.3, 0.4) is 0 Å². The van der Waals surface area contributed by atoms with E-state index in [0.29, 0.717) is 6.04 Å². The Kier molecular flexibility index (Phi) is 2.70. The van der Waals surface area contributed by atoms with Gasteiger partial charge in [0.05, 0.1) is 6.10 Å². The van der Waals surface area contributed by atoms with Gasteiger partial charge in [-0.1, -0.05) is 18.2 Å². The van der Waals surface area contributed by atoms with Gasteiger partial charge >= 0.3 is 0 Å². The van der Waals surface area contributed by atoms with E-state index in [2.05, 4.69) is 5.32 Å². The molecule has 14 heavy (non-hydrogen) atoms. The quantitative estimate of drug-likeness (QED) is 0.673. The number of rotatable bonds is 4. The van der Waals surface area contributed by atoms with Crippen LogP contribution in [0.25, 0.3) is 0 Å². The molecule has 0 heterocycles. The van der Waals surface area contributed by atoms with Crippen molar-refractivity contribution in [2.45, 2.75) is 25.0 Å². The smallest absolute Gasteiger partial charge is 0.0932 e. The van der Waals surface area contributed by atoms with Gasteiger partial charge in [0, 0.05) is 23.8 Å². The molecule has 1 aliphatic rings. The first kappa shape index (κ1) is 9.49. The van der Waals surface area contributed by atoms with E-state index in [9.17, 15) is 5.11 Å². The molecule has 1 aromatic rings. The number of para-hydroxylation sites is 1. The highest BCUT2D eigenvalue weighted by molar-refractivity contribution is 5.53. The fraction of sp³-hybridized carbons (Fsp3) is 0.455. The maximum atomic E-state index is 9.68. The zero-order valence-electron chi connectivity index (χ0n) is 8.11. The molecule has 0 saturated heterocycles. The highest BCUT2D eigenvalue weighted by Gasteiger charge is 2.22. The number of hydrogen-bond acceptors (Lipinski definition) is 3. The van der Waals surface area contributed by atoms with Gasteiger partial charge in [0.2, 0.25) is 0 Å². The standard InChI is InChI=1S/C11H16N2O/c12-7-11(14)9-3-1-2-4-10(9)13-8-5-6-8/h1-4,8,11,13-14H,5-7,12H2. The van der Waals surface area contributed by atoms with E-state index in [-0.39, 0.29) is 6.54 Å². The summed E-state index contributed by atoms with van der Waals surface area (Å²) in [5.74, 6) is 0. The van der Waals surface area contributed by atoms with Gasteiger partial charge in [0.25, 0.3) is 0 Å². The number of nitrogens with two attached hydrogens (primary N) is 1. The van der Waals surface area contributed by atoms with Crippen molar-refractivity contribution in [3.8, 4) is 0 Å². The Bertz CT molecular complexity index is 310. The molecule has 0 aromatic heterocycles. The molecular weight excluding hydrogens is 176 g/mol. The van der Waals surface area contributed by atoms with E-state index in [4.69, 9.17) is 5.73 Å². The maximum absolute atomic E-state index is 9.68. The van der Waals surface area contributed by atoms with E-state index in [1.807, 2.05) is 24.3 Å². The lowest BCUT2D eigenvalue weighted by atomic mass is 10.1. The predicted molar refractivity (Wildman–Crippen MR) is 57.1 cm³/mol. The zero-order chi connectivity index (χ0) is 9.97. The predicted octanol–water partition coefficient (Wildman–Crippen LogP) is 1.25. The number of aliphatic hydroxyl groups excluding tert-OH is 1. The van der Waals surface area contributed by atoms with Gasteiger partial charge in [0.15, 0.2) is 0 Å². The average Bonchev–Trinajstić information content (AvgIpc) is 3.01. The minimum atomic E-state index is -0.558. The first-order valence-electron chi connectivity index (χ1n) is 5.05. The third-order valence-corrected chi connectivity index (χ3v) is 2.48. The van der Waals surface area contributed by atoms with E-state index in [1.54, 1.807) is 0 Å². The Morgan fingerprint density at radius 3 is 2.79 bits per heavy atom. The van der Waals surface area contributed by atoms with Gasteiger partial charge in [-0.15, -0.1) is 0 Å². The van der Waals surface area contributed by atoms with E-state index in [1.165, 1.54) is 12.8 Å². The van der Waals surface area contributed by atoms with Crippen LogP contribution in [-0.2, 0) is 0 Å². The van der Waals surface area contributed by atoms with Gasteiger partial charge in [-0.25, -0.2) is 0 Å². The summed E-state index contributed by atoms with van der Waals surface area (Å²) in [5, 5.41) is 13.1. The van der Waals surface area contributed by atoms with Crippen molar-refractivity contribution < 1.29 is 5.11 Å². The van der Waals surface area contributed by atoms with Crippen LogP contribution in [-0.4, -0.2) is 17.7 Å². The number of aliphatic hydroxyl groups is 1. The third kappa shape index (κ3) is 2.05. The van der Waals surface area contributed by atoms with Crippen LogP contribution < -0.4 is 11.1 Å². The molecule has 1 saturated carbocycles. The fourth-order valence-electron chi connectivity index (χ4n) is 1.49. The zero-order valence-corrected chi connectivity index (χ0v) is 8.11. The molecule has 4 N–H and O–H groups in total. The molecule has 2 rings (SSSR count). The highest BCUT2D eigenvalue weighted by Crippen LogP contribution is 2.29. The third-order valence-electron chi connectivity index (χ3n) is 2.48. The van der Waals surface area contributed by atoms with Gasteiger partial charge < -0.3 is 16.2 Å². The molecule has 1 aromatic carbocycles. The lowest BCUT2D eigenvalue weighted by Crippen LogP contribution is -2.14. The van der Waals surface area contributed by atoms with Crippen LogP contribution in [0.4, 0.5) is 5.69 Å². The monoisotopic (exact) mass is 192 g/mol. The molecule has 0 spiro atoms. The fourth-order valence-corrected chi connectivity index (χ4v) is 1.49. The molecule has 3 nitrogen and oxygen atoms in total. The van der Waals surface area contributed by atoms with Crippen molar-refractivity contribution in [1.82, 2.24) is 0 Å². The summed E-state index contributed by atoms with van der Waals surface area (Å²) in [6, 6.07) is 8.40. The van der Waals surface area contributed by atoms with Crippen LogP contribution in [0.15, 0.2) is 24.3 Å². The van der Waals surface area contributed by atoms with Crippen molar-refractivity contribution in [1.29, 1.82) is 0 Å². The number of anilines is 1. The molecule has 1 aliphatic carbocycles. The summed E-state index contributed by atoms with van der Waals surface area (Å²) >= 11 is 0. The van der Waals surface area contributed by atoms with Gasteiger partial charge in [-0.05, 0) is 18.9 Å². The summed E-state index contributed by atoms with van der Waals surface area (Å²) in [6.07, 6.45) is 1.90. The van der Waals surface area contributed by atoms with Crippen molar-refractivity contribution in [3.05, 3.63) is 29.8 Å². The molecule has 1 fully saturated rings. The number of hydrogen-bond donors (Lipinski definition) is 3. The largest absolute Gasteiger partial charge is 0.387 e. The molecule has 1 atom stereocenters. The second-order valence-electron chi connectivity index (χ2n) is 3.76. The normalized spacial score (nSPS) is 17.9. The Morgan fingerprint density at radius 1 is 1.43 bits per heavy atom. The molecule has 1 unspecified atom stereocenters. The summed E-state index contributed by atoms with van der Waals surface area (Å²) in [4.78, 5) is 0. The number of nitrogens with one attached hydrogen (secondary N) is 1. The van der Waals surface area contributed by atoms with E-state index in [0.717, 1.165) is 11.3 Å². The average molecular weight is 192 g/mol. The SMILES string of the molecule is NCC(O)c1ccccc1NC1CC1. The summed E-state index contributed by atoms with van der Waals surface area (Å²) in [6.45, 7) is 0.267. The Hall–Kier alpha value is -1.06. The highest BCUT2D eigenvalue weighted by atomic mass is 16.3.